The van der Waals surface area contributed by atoms with Gasteiger partial charge in [-0.05, 0) is 12.3 Å². The van der Waals surface area contributed by atoms with Crippen LogP contribution >= 0.6 is 12.4 Å². The molecule has 1 nitrogen and oxygen atoms in total. The highest BCUT2D eigenvalue weighted by Crippen LogP contribution is 2.27. The fraction of sp³-hybridized carbons (Fsp3) is 0.600. The summed E-state index contributed by atoms with van der Waals surface area (Å²) in [5.74, 6) is 0.644. The van der Waals surface area contributed by atoms with Crippen LogP contribution in [-0.4, -0.2) is 6.04 Å². The summed E-state index contributed by atoms with van der Waals surface area (Å²) in [6, 6.07) is 0.447. The second-order valence-electron chi connectivity index (χ2n) is 1.80. The molecule has 1 saturated carbocycles. The molecule has 0 aromatic rings. The van der Waals surface area contributed by atoms with E-state index in [2.05, 4.69) is 6.58 Å². The number of hydrogen-bond acceptors (Lipinski definition) is 1. The van der Waals surface area contributed by atoms with Crippen molar-refractivity contribution in [2.24, 2.45) is 11.7 Å². The maximum absolute atomic E-state index is 5.41. The number of rotatable bonds is 1. The minimum absolute atomic E-state index is 0. The Morgan fingerprint density at radius 1 is 1.71 bits per heavy atom. The molecule has 2 atom stereocenters. The molecule has 0 saturated heterocycles. The Morgan fingerprint density at radius 3 is 2.14 bits per heavy atom. The van der Waals surface area contributed by atoms with Gasteiger partial charge in [0.15, 0.2) is 0 Å². The van der Waals surface area contributed by atoms with Gasteiger partial charge in [0.1, 0.15) is 0 Å². The Labute approximate surface area is 50.0 Å². The lowest BCUT2D eigenvalue weighted by Gasteiger charge is -1.73. The quantitative estimate of drug-likeness (QED) is 0.511. The molecule has 0 aromatic carbocycles. The van der Waals surface area contributed by atoms with Gasteiger partial charge in [0.25, 0.3) is 0 Å². The summed E-state index contributed by atoms with van der Waals surface area (Å²) < 4.78 is 0. The van der Waals surface area contributed by atoms with Gasteiger partial charge in [-0.1, -0.05) is 6.08 Å². The van der Waals surface area contributed by atoms with Crippen molar-refractivity contribution in [2.75, 3.05) is 0 Å². The fourth-order valence-corrected chi connectivity index (χ4v) is 0.507. The first kappa shape index (κ1) is 6.99. The van der Waals surface area contributed by atoms with Crippen molar-refractivity contribution in [2.45, 2.75) is 12.5 Å². The molecule has 2 heteroatoms. The van der Waals surface area contributed by atoms with Gasteiger partial charge in [-0.15, -0.1) is 19.0 Å². The Hall–Kier alpha value is -0.0100. The first-order valence-electron chi connectivity index (χ1n) is 2.22. The van der Waals surface area contributed by atoms with Gasteiger partial charge in [-0.3, -0.25) is 0 Å². The van der Waals surface area contributed by atoms with Crippen LogP contribution in [0.1, 0.15) is 6.42 Å². The molecule has 2 unspecified atom stereocenters. The number of halogens is 1. The van der Waals surface area contributed by atoms with Crippen LogP contribution in [0.3, 0.4) is 0 Å². The summed E-state index contributed by atoms with van der Waals surface area (Å²) >= 11 is 0. The Balaban J connectivity index is 0.000000360. The maximum atomic E-state index is 5.41. The lowest BCUT2D eigenvalue weighted by atomic mass is 10.4. The third-order valence-electron chi connectivity index (χ3n) is 1.19. The van der Waals surface area contributed by atoms with Crippen LogP contribution in [0.5, 0.6) is 0 Å². The van der Waals surface area contributed by atoms with Crippen molar-refractivity contribution in [1.29, 1.82) is 0 Å². The summed E-state index contributed by atoms with van der Waals surface area (Å²) in [5.41, 5.74) is 5.41. The minimum Gasteiger partial charge on any atom is -0.327 e. The van der Waals surface area contributed by atoms with E-state index >= 15 is 0 Å². The van der Waals surface area contributed by atoms with Gasteiger partial charge in [-0.2, -0.15) is 0 Å². The Bertz CT molecular complexity index is 72.5. The van der Waals surface area contributed by atoms with Crippen LogP contribution in [0.4, 0.5) is 0 Å². The maximum Gasteiger partial charge on any atom is 0.0109 e. The molecule has 1 rings (SSSR count). The monoisotopic (exact) mass is 119 g/mol. The topological polar surface area (TPSA) is 26.0 Å². The van der Waals surface area contributed by atoms with Gasteiger partial charge < -0.3 is 5.73 Å². The summed E-state index contributed by atoms with van der Waals surface area (Å²) in [6.45, 7) is 3.59. The Morgan fingerprint density at radius 2 is 2.14 bits per heavy atom. The van der Waals surface area contributed by atoms with E-state index < -0.39 is 0 Å². The van der Waals surface area contributed by atoms with E-state index in [-0.39, 0.29) is 12.4 Å². The largest absolute Gasteiger partial charge is 0.327 e. The molecule has 0 bridgehead atoms. The van der Waals surface area contributed by atoms with E-state index in [9.17, 15) is 0 Å². The average Bonchev–Trinajstić information content (AvgIpc) is 2.19. The van der Waals surface area contributed by atoms with Crippen molar-refractivity contribution >= 4 is 12.4 Å². The van der Waals surface area contributed by atoms with Crippen LogP contribution in [0, 0.1) is 5.92 Å². The predicted octanol–water partition coefficient (Wildman–Crippen LogP) is 0.941. The molecule has 1 fully saturated rings. The zero-order valence-electron chi connectivity index (χ0n) is 4.13. The number of hydrogen-bond donors (Lipinski definition) is 1. The van der Waals surface area contributed by atoms with Gasteiger partial charge >= 0.3 is 0 Å². The van der Waals surface area contributed by atoms with E-state index in [1.807, 2.05) is 6.08 Å². The summed E-state index contributed by atoms with van der Waals surface area (Å²) in [4.78, 5) is 0. The van der Waals surface area contributed by atoms with Crippen molar-refractivity contribution in [3.8, 4) is 0 Å². The SMILES string of the molecule is C=CC1CC1N.Cl. The van der Waals surface area contributed by atoms with Crippen LogP contribution in [0.25, 0.3) is 0 Å². The van der Waals surface area contributed by atoms with Gasteiger partial charge in [-0.25, -0.2) is 0 Å². The molecule has 0 spiro atoms. The second-order valence-corrected chi connectivity index (χ2v) is 1.80. The minimum atomic E-state index is 0. The molecular formula is C5H10ClN. The van der Waals surface area contributed by atoms with E-state index in [1.165, 1.54) is 0 Å². The molecule has 42 valence electrons. The predicted molar refractivity (Wildman–Crippen MR) is 33.5 cm³/mol. The highest BCUT2D eigenvalue weighted by Gasteiger charge is 2.29. The second kappa shape index (κ2) is 2.34. The Kier molecular flexibility index (Phi) is 2.33. The first-order chi connectivity index (χ1) is 2.84. The molecule has 0 aromatic heterocycles. The van der Waals surface area contributed by atoms with E-state index in [4.69, 9.17) is 5.73 Å². The number of nitrogens with two attached hydrogens (primary N) is 1. The van der Waals surface area contributed by atoms with Crippen molar-refractivity contribution in [3.63, 3.8) is 0 Å². The zero-order chi connectivity index (χ0) is 4.57. The lowest BCUT2D eigenvalue weighted by molar-refractivity contribution is 0.978. The van der Waals surface area contributed by atoms with Crippen LogP contribution in [0.2, 0.25) is 0 Å². The fourth-order valence-electron chi connectivity index (χ4n) is 0.507. The van der Waals surface area contributed by atoms with Crippen molar-refractivity contribution < 1.29 is 0 Å². The summed E-state index contributed by atoms with van der Waals surface area (Å²) in [7, 11) is 0. The molecule has 0 amide bonds. The molecule has 7 heavy (non-hydrogen) atoms. The van der Waals surface area contributed by atoms with E-state index in [0.717, 1.165) is 6.42 Å². The molecule has 1 aliphatic rings. The van der Waals surface area contributed by atoms with Crippen molar-refractivity contribution in [1.82, 2.24) is 0 Å². The summed E-state index contributed by atoms with van der Waals surface area (Å²) in [6.07, 6.45) is 3.08. The molecule has 1 aliphatic carbocycles. The molecule has 0 radical (unpaired) electrons. The van der Waals surface area contributed by atoms with Crippen molar-refractivity contribution in [3.05, 3.63) is 12.7 Å². The zero-order valence-corrected chi connectivity index (χ0v) is 4.95. The van der Waals surface area contributed by atoms with Crippen LogP contribution in [0.15, 0.2) is 12.7 Å². The summed E-state index contributed by atoms with van der Waals surface area (Å²) in [5, 5.41) is 0. The highest BCUT2D eigenvalue weighted by molar-refractivity contribution is 5.85. The van der Waals surface area contributed by atoms with Crippen LogP contribution < -0.4 is 5.73 Å². The smallest absolute Gasteiger partial charge is 0.0109 e. The highest BCUT2D eigenvalue weighted by atomic mass is 35.5. The average molecular weight is 120 g/mol. The van der Waals surface area contributed by atoms with Gasteiger partial charge in [0.05, 0.1) is 0 Å². The normalized spacial score (nSPS) is 36.1. The first-order valence-corrected chi connectivity index (χ1v) is 2.22. The standard InChI is InChI=1S/C5H9N.ClH/c1-2-4-3-5(4)6;/h2,4-5H,1,3,6H2;1H. The van der Waals surface area contributed by atoms with Gasteiger partial charge in [0.2, 0.25) is 0 Å². The molecule has 0 aliphatic heterocycles. The van der Waals surface area contributed by atoms with Gasteiger partial charge in [0, 0.05) is 6.04 Å². The van der Waals surface area contributed by atoms with Crippen LogP contribution in [-0.2, 0) is 0 Å². The molecule has 2 N–H and O–H groups in total. The lowest BCUT2D eigenvalue weighted by Crippen LogP contribution is -1.99. The third-order valence-corrected chi connectivity index (χ3v) is 1.19. The molecule has 0 heterocycles. The third kappa shape index (κ3) is 1.49. The van der Waals surface area contributed by atoms with E-state index in [0.29, 0.717) is 12.0 Å². The van der Waals surface area contributed by atoms with E-state index in [1.54, 1.807) is 0 Å². The molecular weight excluding hydrogens is 110 g/mol.